The normalized spacial score (nSPS) is 10.8. The Morgan fingerprint density at radius 3 is 2.80 bits per heavy atom. The van der Waals surface area contributed by atoms with E-state index >= 15 is 0 Å². The van der Waals surface area contributed by atoms with E-state index in [1.165, 1.54) is 7.11 Å². The molecule has 5 nitrogen and oxygen atoms in total. The third-order valence-corrected chi connectivity index (χ3v) is 3.55. The zero-order chi connectivity index (χ0) is 14.7. The van der Waals surface area contributed by atoms with Crippen LogP contribution in [0.15, 0.2) is 38.3 Å². The maximum absolute atomic E-state index is 12.4. The molecule has 7 heteroatoms. The van der Waals surface area contributed by atoms with E-state index in [2.05, 4.69) is 20.9 Å². The second-order valence-corrected chi connectivity index (χ2v) is 5.37. The molecule has 1 N–H and O–H groups in total. The van der Waals surface area contributed by atoms with Gasteiger partial charge in [0.15, 0.2) is 0 Å². The highest BCUT2D eigenvalue weighted by Gasteiger charge is 2.14. The van der Waals surface area contributed by atoms with Crippen molar-refractivity contribution >= 4 is 27.5 Å². The lowest BCUT2D eigenvalue weighted by molar-refractivity contribution is 0.185. The number of H-pyrrole nitrogens is 1. The van der Waals surface area contributed by atoms with Crippen molar-refractivity contribution in [1.29, 1.82) is 0 Å². The van der Waals surface area contributed by atoms with Crippen molar-refractivity contribution in [3.63, 3.8) is 0 Å². The fourth-order valence-corrected chi connectivity index (χ4v) is 2.49. The number of methoxy groups -OCH3 is 1. The molecular weight excluding hydrogens is 348 g/mol. The molecule has 0 aliphatic heterocycles. The van der Waals surface area contributed by atoms with Gasteiger partial charge in [-0.15, -0.1) is 0 Å². The van der Waals surface area contributed by atoms with E-state index in [9.17, 15) is 9.59 Å². The Morgan fingerprint density at radius 2 is 2.15 bits per heavy atom. The quantitative estimate of drug-likeness (QED) is 0.852. The van der Waals surface area contributed by atoms with Crippen molar-refractivity contribution in [1.82, 2.24) is 9.55 Å². The van der Waals surface area contributed by atoms with E-state index in [-0.39, 0.29) is 23.9 Å². The summed E-state index contributed by atoms with van der Waals surface area (Å²) >= 11 is 9.35. The maximum Gasteiger partial charge on any atom is 0.329 e. The molecule has 0 radical (unpaired) electrons. The van der Waals surface area contributed by atoms with Gasteiger partial charge in [0.25, 0.3) is 5.56 Å². The topological polar surface area (TPSA) is 64.1 Å². The summed E-state index contributed by atoms with van der Waals surface area (Å²) in [4.78, 5) is 26.7. The number of nitrogens with one attached hydrogen (secondary N) is 1. The minimum Gasteiger partial charge on any atom is -0.383 e. The van der Waals surface area contributed by atoms with Gasteiger partial charge in [0.2, 0.25) is 0 Å². The lowest BCUT2D eigenvalue weighted by atomic mass is 10.1. The molecule has 0 amide bonds. The Labute approximate surface area is 128 Å². The SMILES string of the molecule is COCCn1c(=O)[nH]c(Cl)c(-c2cccc(Br)c2)c1=O. The monoisotopic (exact) mass is 358 g/mol. The third-order valence-electron chi connectivity index (χ3n) is 2.77. The predicted molar refractivity (Wildman–Crippen MR) is 81.3 cm³/mol. The van der Waals surface area contributed by atoms with Crippen LogP contribution in [-0.4, -0.2) is 23.3 Å². The van der Waals surface area contributed by atoms with Crippen molar-refractivity contribution in [2.75, 3.05) is 13.7 Å². The van der Waals surface area contributed by atoms with Crippen LogP contribution in [-0.2, 0) is 11.3 Å². The van der Waals surface area contributed by atoms with Crippen molar-refractivity contribution in [2.45, 2.75) is 6.54 Å². The third kappa shape index (κ3) is 3.03. The molecule has 0 saturated carbocycles. The summed E-state index contributed by atoms with van der Waals surface area (Å²) in [5, 5.41) is 0.0340. The zero-order valence-electron chi connectivity index (χ0n) is 10.7. The average molecular weight is 360 g/mol. The van der Waals surface area contributed by atoms with Crippen molar-refractivity contribution < 1.29 is 4.74 Å². The van der Waals surface area contributed by atoms with Gasteiger partial charge in [0.1, 0.15) is 5.15 Å². The molecule has 1 heterocycles. The van der Waals surface area contributed by atoms with Crippen LogP contribution in [0.3, 0.4) is 0 Å². The van der Waals surface area contributed by atoms with Crippen molar-refractivity contribution in [2.24, 2.45) is 0 Å². The first-order chi connectivity index (χ1) is 9.54. The van der Waals surface area contributed by atoms with E-state index in [4.69, 9.17) is 16.3 Å². The summed E-state index contributed by atoms with van der Waals surface area (Å²) in [5.74, 6) is 0. The largest absolute Gasteiger partial charge is 0.383 e. The van der Waals surface area contributed by atoms with E-state index in [0.29, 0.717) is 5.56 Å². The maximum atomic E-state index is 12.4. The molecule has 0 aliphatic carbocycles. The average Bonchev–Trinajstić information content (AvgIpc) is 2.38. The lowest BCUT2D eigenvalue weighted by Crippen LogP contribution is -2.37. The summed E-state index contributed by atoms with van der Waals surface area (Å²) in [7, 11) is 1.50. The molecule has 0 atom stereocenters. The number of nitrogens with zero attached hydrogens (tertiary/aromatic N) is 1. The zero-order valence-corrected chi connectivity index (χ0v) is 13.0. The predicted octanol–water partition coefficient (Wildman–Crippen LogP) is 2.27. The van der Waals surface area contributed by atoms with Gasteiger partial charge in [0, 0.05) is 11.6 Å². The first-order valence-electron chi connectivity index (χ1n) is 5.82. The molecule has 0 unspecified atom stereocenters. The summed E-state index contributed by atoms with van der Waals surface area (Å²) in [6, 6.07) is 7.15. The Bertz CT molecular complexity index is 739. The van der Waals surface area contributed by atoms with Gasteiger partial charge in [-0.2, -0.15) is 0 Å². The number of aromatic amines is 1. The van der Waals surface area contributed by atoms with Crippen LogP contribution in [0.5, 0.6) is 0 Å². The molecule has 0 aliphatic rings. The number of benzene rings is 1. The standard InChI is InChI=1S/C13H12BrClN2O3/c1-20-6-5-17-12(18)10(11(15)16-13(17)19)8-3-2-4-9(14)7-8/h2-4,7H,5-6H2,1H3,(H,16,19). The highest BCUT2D eigenvalue weighted by atomic mass is 79.9. The fourth-order valence-electron chi connectivity index (χ4n) is 1.82. The summed E-state index contributed by atoms with van der Waals surface area (Å²) in [6.45, 7) is 0.436. The van der Waals surface area contributed by atoms with Crippen LogP contribution in [0.2, 0.25) is 5.15 Å². The minimum absolute atomic E-state index is 0.0340. The Morgan fingerprint density at radius 1 is 1.40 bits per heavy atom. The van der Waals surface area contributed by atoms with Crippen molar-refractivity contribution in [3.05, 3.63) is 54.7 Å². The smallest absolute Gasteiger partial charge is 0.329 e. The van der Waals surface area contributed by atoms with Crippen LogP contribution in [0.25, 0.3) is 11.1 Å². The number of hydrogen-bond donors (Lipinski definition) is 1. The van der Waals surface area contributed by atoms with Crippen LogP contribution in [0.1, 0.15) is 0 Å². The first-order valence-corrected chi connectivity index (χ1v) is 6.99. The van der Waals surface area contributed by atoms with Gasteiger partial charge in [0.05, 0.1) is 18.7 Å². The molecule has 0 saturated heterocycles. The highest BCUT2D eigenvalue weighted by Crippen LogP contribution is 2.24. The number of rotatable bonds is 4. The van der Waals surface area contributed by atoms with E-state index in [0.717, 1.165) is 9.04 Å². The Hall–Kier alpha value is -1.37. The van der Waals surface area contributed by atoms with Crippen LogP contribution >= 0.6 is 27.5 Å². The minimum atomic E-state index is -0.546. The number of aromatic nitrogens is 2. The van der Waals surface area contributed by atoms with Gasteiger partial charge < -0.3 is 4.74 Å². The number of ether oxygens (including phenoxy) is 1. The van der Waals surface area contributed by atoms with E-state index in [1.807, 2.05) is 6.07 Å². The molecule has 1 aromatic carbocycles. The first kappa shape index (κ1) is 15.0. The van der Waals surface area contributed by atoms with Crippen molar-refractivity contribution in [3.8, 4) is 11.1 Å². The summed E-state index contributed by atoms with van der Waals surface area (Å²) in [5.41, 5.74) is -0.0786. The van der Waals surface area contributed by atoms with E-state index in [1.54, 1.807) is 18.2 Å². The number of hydrogen-bond acceptors (Lipinski definition) is 3. The molecule has 106 valence electrons. The van der Waals surface area contributed by atoms with Gasteiger partial charge >= 0.3 is 5.69 Å². The molecule has 1 aromatic heterocycles. The lowest BCUT2D eigenvalue weighted by Gasteiger charge is -2.09. The Balaban J connectivity index is 2.65. The van der Waals surface area contributed by atoms with Crippen LogP contribution in [0.4, 0.5) is 0 Å². The molecule has 0 bridgehead atoms. The second-order valence-electron chi connectivity index (χ2n) is 4.08. The molecule has 20 heavy (non-hydrogen) atoms. The van der Waals surface area contributed by atoms with Crippen LogP contribution < -0.4 is 11.2 Å². The fraction of sp³-hybridized carbons (Fsp3) is 0.231. The van der Waals surface area contributed by atoms with Crippen LogP contribution in [0, 0.1) is 0 Å². The molecular formula is C13H12BrClN2O3. The molecule has 2 rings (SSSR count). The van der Waals surface area contributed by atoms with Gasteiger partial charge in [-0.25, -0.2) is 4.79 Å². The van der Waals surface area contributed by atoms with E-state index < -0.39 is 11.2 Å². The summed E-state index contributed by atoms with van der Waals surface area (Å²) < 4.78 is 6.79. The molecule has 2 aromatic rings. The van der Waals surface area contributed by atoms with Gasteiger partial charge in [-0.05, 0) is 17.7 Å². The highest BCUT2D eigenvalue weighted by molar-refractivity contribution is 9.10. The Kier molecular flexibility index (Phi) is 4.80. The van der Waals surface area contributed by atoms with Gasteiger partial charge in [-0.1, -0.05) is 39.7 Å². The molecule has 0 fully saturated rings. The molecule has 0 spiro atoms. The van der Waals surface area contributed by atoms with Gasteiger partial charge in [-0.3, -0.25) is 14.3 Å². The summed E-state index contributed by atoms with van der Waals surface area (Å²) in [6.07, 6.45) is 0. The number of halogens is 2. The second kappa shape index (κ2) is 6.39.